The molecule has 6 heteroatoms. The zero-order chi connectivity index (χ0) is 14.4. The number of aliphatic hydroxyl groups excluding tert-OH is 1. The number of carbonyl (C=O) groups is 1. The Kier molecular flexibility index (Phi) is 5.92. The predicted molar refractivity (Wildman–Crippen MR) is 70.8 cm³/mol. The molecule has 1 atom stereocenters. The molecule has 0 amide bonds. The Labute approximate surface area is 117 Å². The highest BCUT2D eigenvalue weighted by atomic mass is 35.5. The predicted octanol–water partition coefficient (Wildman–Crippen LogP) is 2.34. The smallest absolute Gasteiger partial charge is 0.339 e. The summed E-state index contributed by atoms with van der Waals surface area (Å²) in [6, 6.07) is 3.13. The van der Waals surface area contributed by atoms with Crippen LogP contribution in [0.15, 0.2) is 12.1 Å². The Bertz CT molecular complexity index is 447. The van der Waals surface area contributed by atoms with Gasteiger partial charge in [-0.2, -0.15) is 0 Å². The molecule has 0 saturated heterocycles. The van der Waals surface area contributed by atoms with Crippen LogP contribution in [0.1, 0.15) is 25.5 Å². The van der Waals surface area contributed by atoms with Crippen LogP contribution in [0.3, 0.4) is 0 Å². The normalized spacial score (nSPS) is 11.8. The molecule has 1 aromatic carbocycles. The number of rotatable bonds is 6. The molecule has 0 bridgehead atoms. The Morgan fingerprint density at radius 3 is 2.58 bits per heavy atom. The van der Waals surface area contributed by atoms with Crippen LogP contribution in [0.5, 0.6) is 11.5 Å². The standard InChI is InChI=1S/C13H17ClO5/c1-4-18-12-9(17-3)7-6-8(14)10(12)11(15)13(16)19-5-2/h6-7,11,15H,4-5H2,1-3H3. The molecule has 1 aromatic rings. The van der Waals surface area contributed by atoms with Gasteiger partial charge in [0.25, 0.3) is 0 Å². The minimum Gasteiger partial charge on any atom is -0.493 e. The van der Waals surface area contributed by atoms with Crippen molar-refractivity contribution in [2.24, 2.45) is 0 Å². The van der Waals surface area contributed by atoms with E-state index in [4.69, 9.17) is 25.8 Å². The van der Waals surface area contributed by atoms with Gasteiger partial charge in [0.1, 0.15) is 0 Å². The molecule has 0 aliphatic rings. The lowest BCUT2D eigenvalue weighted by molar-refractivity contribution is -0.153. The molecule has 0 spiro atoms. The number of carbonyl (C=O) groups excluding carboxylic acids is 1. The summed E-state index contributed by atoms with van der Waals surface area (Å²) in [5.74, 6) is -0.138. The van der Waals surface area contributed by atoms with E-state index in [1.807, 2.05) is 0 Å². The number of hydrogen-bond donors (Lipinski definition) is 1. The van der Waals surface area contributed by atoms with Crippen molar-refractivity contribution in [3.63, 3.8) is 0 Å². The van der Waals surface area contributed by atoms with Crippen LogP contribution >= 0.6 is 11.6 Å². The molecule has 5 nitrogen and oxygen atoms in total. The van der Waals surface area contributed by atoms with Gasteiger partial charge >= 0.3 is 5.97 Å². The summed E-state index contributed by atoms with van der Waals surface area (Å²) in [6.45, 7) is 3.95. The van der Waals surface area contributed by atoms with Gasteiger partial charge in [-0.25, -0.2) is 4.79 Å². The quantitative estimate of drug-likeness (QED) is 0.814. The lowest BCUT2D eigenvalue weighted by Gasteiger charge is -2.18. The zero-order valence-electron chi connectivity index (χ0n) is 11.1. The highest BCUT2D eigenvalue weighted by Gasteiger charge is 2.27. The monoisotopic (exact) mass is 288 g/mol. The molecule has 0 radical (unpaired) electrons. The minimum atomic E-state index is -1.51. The van der Waals surface area contributed by atoms with E-state index in [2.05, 4.69) is 0 Å². The lowest BCUT2D eigenvalue weighted by atomic mass is 10.1. The van der Waals surface area contributed by atoms with Gasteiger partial charge in [0.05, 0.1) is 30.9 Å². The molecule has 0 aliphatic carbocycles. The van der Waals surface area contributed by atoms with E-state index in [1.165, 1.54) is 13.2 Å². The van der Waals surface area contributed by atoms with Crippen molar-refractivity contribution in [2.45, 2.75) is 20.0 Å². The summed E-state index contributed by atoms with van der Waals surface area (Å²) in [7, 11) is 1.46. The number of benzene rings is 1. The third-order valence-electron chi connectivity index (χ3n) is 2.40. The fourth-order valence-electron chi connectivity index (χ4n) is 1.60. The van der Waals surface area contributed by atoms with Crippen molar-refractivity contribution in [1.82, 2.24) is 0 Å². The molecule has 1 N–H and O–H groups in total. The molecule has 1 rings (SSSR count). The molecule has 0 saturated carbocycles. The maximum Gasteiger partial charge on any atom is 0.339 e. The number of hydrogen-bond acceptors (Lipinski definition) is 5. The van der Waals surface area contributed by atoms with E-state index in [9.17, 15) is 9.90 Å². The first-order valence-electron chi connectivity index (χ1n) is 5.90. The average Bonchev–Trinajstić information content (AvgIpc) is 2.39. The second-order valence-electron chi connectivity index (χ2n) is 3.58. The molecule has 0 aromatic heterocycles. The van der Waals surface area contributed by atoms with E-state index < -0.39 is 12.1 Å². The number of halogens is 1. The van der Waals surface area contributed by atoms with Crippen molar-refractivity contribution in [2.75, 3.05) is 20.3 Å². The second-order valence-corrected chi connectivity index (χ2v) is 3.99. The van der Waals surface area contributed by atoms with E-state index in [0.717, 1.165) is 0 Å². The molecule has 0 aliphatic heterocycles. The summed E-state index contributed by atoms with van der Waals surface area (Å²) in [5, 5.41) is 10.2. The van der Waals surface area contributed by atoms with Gasteiger partial charge in [0.2, 0.25) is 0 Å². The van der Waals surface area contributed by atoms with Crippen LogP contribution in [0.2, 0.25) is 5.02 Å². The van der Waals surface area contributed by atoms with E-state index in [0.29, 0.717) is 12.4 Å². The van der Waals surface area contributed by atoms with Crippen molar-refractivity contribution >= 4 is 17.6 Å². The highest BCUT2D eigenvalue weighted by molar-refractivity contribution is 6.32. The summed E-state index contributed by atoms with van der Waals surface area (Å²) in [6.07, 6.45) is -1.51. The molecular formula is C13H17ClO5. The molecule has 1 unspecified atom stereocenters. The van der Waals surface area contributed by atoms with Crippen molar-refractivity contribution in [3.8, 4) is 11.5 Å². The first-order chi connectivity index (χ1) is 9.06. The maximum absolute atomic E-state index is 11.6. The molecular weight excluding hydrogens is 272 g/mol. The van der Waals surface area contributed by atoms with E-state index in [-0.39, 0.29) is 22.9 Å². The van der Waals surface area contributed by atoms with Crippen LogP contribution in [0, 0.1) is 0 Å². The Balaban J connectivity index is 3.26. The third-order valence-corrected chi connectivity index (χ3v) is 2.73. The van der Waals surface area contributed by atoms with Crippen molar-refractivity contribution in [1.29, 1.82) is 0 Å². The Morgan fingerprint density at radius 2 is 2.05 bits per heavy atom. The SMILES string of the molecule is CCOC(=O)C(O)c1c(Cl)ccc(OC)c1OCC. The fraction of sp³-hybridized carbons (Fsp3) is 0.462. The van der Waals surface area contributed by atoms with Gasteiger partial charge in [0.15, 0.2) is 17.6 Å². The number of aliphatic hydroxyl groups is 1. The lowest BCUT2D eigenvalue weighted by Crippen LogP contribution is -2.17. The zero-order valence-corrected chi connectivity index (χ0v) is 11.9. The topological polar surface area (TPSA) is 65.0 Å². The maximum atomic E-state index is 11.6. The van der Waals surface area contributed by atoms with Crippen molar-refractivity contribution in [3.05, 3.63) is 22.7 Å². The number of methoxy groups -OCH3 is 1. The summed E-state index contributed by atoms with van der Waals surface area (Å²) in [5.41, 5.74) is 0.154. The van der Waals surface area contributed by atoms with Crippen LogP contribution in [0.4, 0.5) is 0 Å². The number of ether oxygens (including phenoxy) is 3. The first-order valence-corrected chi connectivity index (χ1v) is 6.28. The highest BCUT2D eigenvalue weighted by Crippen LogP contribution is 2.40. The van der Waals surface area contributed by atoms with Crippen molar-refractivity contribution < 1.29 is 24.1 Å². The largest absolute Gasteiger partial charge is 0.493 e. The molecule has 19 heavy (non-hydrogen) atoms. The average molecular weight is 289 g/mol. The summed E-state index contributed by atoms with van der Waals surface area (Å²) < 4.78 is 15.3. The van der Waals surface area contributed by atoms with E-state index >= 15 is 0 Å². The molecule has 106 valence electrons. The van der Waals surface area contributed by atoms with E-state index in [1.54, 1.807) is 19.9 Å². The van der Waals surface area contributed by atoms with Gasteiger partial charge in [0, 0.05) is 0 Å². The Hall–Kier alpha value is -1.46. The van der Waals surface area contributed by atoms with Gasteiger partial charge < -0.3 is 19.3 Å². The summed E-state index contributed by atoms with van der Waals surface area (Å²) >= 11 is 6.03. The van der Waals surface area contributed by atoms with Gasteiger partial charge in [-0.1, -0.05) is 11.6 Å². The summed E-state index contributed by atoms with van der Waals surface area (Å²) in [4.78, 5) is 11.6. The molecule has 0 fully saturated rings. The second kappa shape index (κ2) is 7.21. The first kappa shape index (κ1) is 15.6. The Morgan fingerprint density at radius 1 is 1.37 bits per heavy atom. The van der Waals surface area contributed by atoms with Crippen LogP contribution in [-0.2, 0) is 9.53 Å². The minimum absolute atomic E-state index is 0.154. The number of esters is 1. The third kappa shape index (κ3) is 3.52. The van der Waals surface area contributed by atoms with Gasteiger partial charge in [-0.3, -0.25) is 0 Å². The van der Waals surface area contributed by atoms with Crippen LogP contribution in [0.25, 0.3) is 0 Å². The van der Waals surface area contributed by atoms with Gasteiger partial charge in [-0.05, 0) is 26.0 Å². The van der Waals surface area contributed by atoms with Gasteiger partial charge in [-0.15, -0.1) is 0 Å². The fourth-order valence-corrected chi connectivity index (χ4v) is 1.86. The van der Waals surface area contributed by atoms with Crippen LogP contribution < -0.4 is 9.47 Å². The molecule has 0 heterocycles. The van der Waals surface area contributed by atoms with Crippen LogP contribution in [-0.4, -0.2) is 31.4 Å².